The fourth-order valence-electron chi connectivity index (χ4n) is 7.22. The van der Waals surface area contributed by atoms with Gasteiger partial charge in [-0.05, 0) is 25.7 Å². The molecule has 0 aromatic rings. The zero-order valence-electron chi connectivity index (χ0n) is 31.1. The Morgan fingerprint density at radius 1 is 0.295 bits per heavy atom. The average molecular weight is 617 g/mol. The third-order valence-electron chi connectivity index (χ3n) is 10.3. The predicted molar refractivity (Wildman–Crippen MR) is 200 cm³/mol. The summed E-state index contributed by atoms with van der Waals surface area (Å²) in [6.45, 7) is 9.46. The molecule has 1 unspecified atom stereocenters. The summed E-state index contributed by atoms with van der Waals surface area (Å²) in [6.07, 6.45) is 54.5. The van der Waals surface area contributed by atoms with Gasteiger partial charge in [-0.3, -0.25) is 0 Å². The van der Waals surface area contributed by atoms with Gasteiger partial charge in [0.05, 0.1) is 0 Å². The molecule has 262 valence electrons. The van der Waals surface area contributed by atoms with Gasteiger partial charge >= 0.3 is 0 Å². The molecule has 0 spiro atoms. The Hall–Kier alpha value is -0.660. The van der Waals surface area contributed by atoms with E-state index in [1.165, 1.54) is 231 Å². The van der Waals surface area contributed by atoms with Crippen LogP contribution in [0.5, 0.6) is 0 Å². The fourth-order valence-corrected chi connectivity index (χ4v) is 7.22. The third-order valence-corrected chi connectivity index (χ3v) is 10.3. The van der Waals surface area contributed by atoms with E-state index in [9.17, 15) is 0 Å². The SMILES string of the molecule is CCCCCCCCCCCCCCCCCCCN1C=CN(CCCC)C1CCCCCCCCCCCCCCCC. The molecule has 1 aliphatic heterocycles. The molecule has 0 amide bonds. The molecule has 0 bridgehead atoms. The van der Waals surface area contributed by atoms with Crippen LogP contribution in [0.2, 0.25) is 0 Å². The van der Waals surface area contributed by atoms with Crippen LogP contribution in [0.25, 0.3) is 0 Å². The van der Waals surface area contributed by atoms with Crippen molar-refractivity contribution < 1.29 is 0 Å². The van der Waals surface area contributed by atoms with Crippen LogP contribution >= 0.6 is 0 Å². The van der Waals surface area contributed by atoms with Crippen molar-refractivity contribution in [2.75, 3.05) is 13.1 Å². The highest BCUT2D eigenvalue weighted by Crippen LogP contribution is 2.24. The van der Waals surface area contributed by atoms with Gasteiger partial charge in [-0.1, -0.05) is 213 Å². The number of hydrogen-bond acceptors (Lipinski definition) is 2. The third kappa shape index (κ3) is 25.5. The van der Waals surface area contributed by atoms with Crippen molar-refractivity contribution in [3.05, 3.63) is 12.4 Å². The largest absolute Gasteiger partial charge is 0.356 e. The molecular weight excluding hydrogens is 532 g/mol. The Morgan fingerprint density at radius 3 is 0.864 bits per heavy atom. The summed E-state index contributed by atoms with van der Waals surface area (Å²) in [7, 11) is 0. The summed E-state index contributed by atoms with van der Waals surface area (Å²) < 4.78 is 0. The summed E-state index contributed by atoms with van der Waals surface area (Å²) in [5.74, 6) is 0. The maximum atomic E-state index is 2.70. The van der Waals surface area contributed by atoms with Crippen LogP contribution < -0.4 is 0 Å². The second-order valence-corrected chi connectivity index (χ2v) is 14.6. The zero-order valence-corrected chi connectivity index (χ0v) is 31.1. The molecule has 1 aliphatic rings. The zero-order chi connectivity index (χ0) is 31.6. The molecule has 0 N–H and O–H groups in total. The predicted octanol–water partition coefficient (Wildman–Crippen LogP) is 14.7. The Morgan fingerprint density at radius 2 is 0.545 bits per heavy atom. The lowest BCUT2D eigenvalue weighted by Gasteiger charge is -2.33. The first-order chi connectivity index (χ1) is 21.8. The van der Waals surface area contributed by atoms with E-state index in [2.05, 4.69) is 43.0 Å². The first-order valence-corrected chi connectivity index (χ1v) is 21.0. The van der Waals surface area contributed by atoms with Crippen molar-refractivity contribution in [2.24, 2.45) is 0 Å². The first-order valence-electron chi connectivity index (χ1n) is 21.0. The second-order valence-electron chi connectivity index (χ2n) is 14.6. The summed E-state index contributed by atoms with van der Waals surface area (Å²) in [5.41, 5.74) is 0. The second kappa shape index (κ2) is 33.7. The number of rotatable bonds is 36. The molecule has 0 aromatic carbocycles. The summed E-state index contributed by atoms with van der Waals surface area (Å²) in [5, 5.41) is 0. The monoisotopic (exact) mass is 617 g/mol. The van der Waals surface area contributed by atoms with E-state index in [0.29, 0.717) is 6.17 Å². The smallest absolute Gasteiger partial charge is 0.101 e. The molecule has 1 rings (SSSR count). The Balaban J connectivity index is 2.00. The molecule has 2 heteroatoms. The van der Waals surface area contributed by atoms with E-state index in [1.807, 2.05) is 0 Å². The number of hydrogen-bond donors (Lipinski definition) is 0. The van der Waals surface area contributed by atoms with E-state index in [0.717, 1.165) is 0 Å². The highest BCUT2D eigenvalue weighted by atomic mass is 15.4. The maximum Gasteiger partial charge on any atom is 0.101 e. The number of unbranched alkanes of at least 4 members (excludes halogenated alkanes) is 30. The van der Waals surface area contributed by atoms with Gasteiger partial charge in [-0.25, -0.2) is 0 Å². The highest BCUT2D eigenvalue weighted by molar-refractivity contribution is 4.96. The lowest BCUT2D eigenvalue weighted by Crippen LogP contribution is -2.39. The first kappa shape index (κ1) is 41.4. The van der Waals surface area contributed by atoms with Crippen LogP contribution in [0.3, 0.4) is 0 Å². The summed E-state index contributed by atoms with van der Waals surface area (Å²) >= 11 is 0. The van der Waals surface area contributed by atoms with Gasteiger partial charge < -0.3 is 9.80 Å². The topological polar surface area (TPSA) is 6.48 Å². The van der Waals surface area contributed by atoms with Gasteiger partial charge in [-0.15, -0.1) is 0 Å². The van der Waals surface area contributed by atoms with Crippen LogP contribution in [0, 0.1) is 0 Å². The molecule has 0 aliphatic carbocycles. The summed E-state index contributed by atoms with van der Waals surface area (Å²) in [4.78, 5) is 5.36. The molecule has 0 saturated heterocycles. The van der Waals surface area contributed by atoms with E-state index < -0.39 is 0 Å². The quantitative estimate of drug-likeness (QED) is 0.0646. The van der Waals surface area contributed by atoms with Crippen molar-refractivity contribution in [3.63, 3.8) is 0 Å². The van der Waals surface area contributed by atoms with E-state index in [4.69, 9.17) is 0 Å². The maximum absolute atomic E-state index is 2.70. The van der Waals surface area contributed by atoms with Crippen LogP contribution in [-0.2, 0) is 0 Å². The van der Waals surface area contributed by atoms with Crippen molar-refractivity contribution in [1.29, 1.82) is 0 Å². The molecular formula is C42H84N2. The van der Waals surface area contributed by atoms with Crippen LogP contribution in [0.4, 0.5) is 0 Å². The highest BCUT2D eigenvalue weighted by Gasteiger charge is 2.24. The van der Waals surface area contributed by atoms with Gasteiger partial charge in [0.2, 0.25) is 0 Å². The minimum atomic E-state index is 0.639. The van der Waals surface area contributed by atoms with Gasteiger partial charge in [0, 0.05) is 25.5 Å². The van der Waals surface area contributed by atoms with Crippen molar-refractivity contribution in [1.82, 2.24) is 9.80 Å². The minimum absolute atomic E-state index is 0.639. The van der Waals surface area contributed by atoms with Crippen LogP contribution in [0.1, 0.15) is 239 Å². The molecule has 0 saturated carbocycles. The van der Waals surface area contributed by atoms with E-state index in [-0.39, 0.29) is 0 Å². The lowest BCUT2D eigenvalue weighted by atomic mass is 10.0. The Kier molecular flexibility index (Phi) is 31.7. The van der Waals surface area contributed by atoms with Crippen LogP contribution in [-0.4, -0.2) is 29.1 Å². The normalized spacial score (nSPS) is 14.8. The molecule has 1 atom stereocenters. The molecule has 1 heterocycles. The molecule has 0 radical (unpaired) electrons. The lowest BCUT2D eigenvalue weighted by molar-refractivity contribution is 0.136. The standard InChI is InChI=1S/C42H84N2/c1-4-7-10-12-14-16-18-20-22-23-24-26-28-30-32-34-36-39-44-41-40-43(38-9-6-3)42(44)37-35-33-31-29-27-25-21-19-17-15-13-11-8-5-2/h40-42H,4-39H2,1-3H3. The van der Waals surface area contributed by atoms with Gasteiger partial charge in [0.1, 0.15) is 6.17 Å². The van der Waals surface area contributed by atoms with E-state index >= 15 is 0 Å². The van der Waals surface area contributed by atoms with Crippen molar-refractivity contribution in [3.8, 4) is 0 Å². The Labute approximate surface area is 280 Å². The van der Waals surface area contributed by atoms with Crippen molar-refractivity contribution >= 4 is 0 Å². The van der Waals surface area contributed by atoms with E-state index in [1.54, 1.807) is 0 Å². The summed E-state index contributed by atoms with van der Waals surface area (Å²) in [6, 6.07) is 0. The molecule has 0 fully saturated rings. The van der Waals surface area contributed by atoms with Crippen molar-refractivity contribution in [2.45, 2.75) is 245 Å². The fraction of sp³-hybridized carbons (Fsp3) is 0.952. The van der Waals surface area contributed by atoms with Gasteiger partial charge in [0.25, 0.3) is 0 Å². The minimum Gasteiger partial charge on any atom is -0.356 e. The average Bonchev–Trinajstić information content (AvgIpc) is 3.42. The molecule has 0 aromatic heterocycles. The number of nitrogens with zero attached hydrogens (tertiary/aromatic N) is 2. The van der Waals surface area contributed by atoms with Gasteiger partial charge in [0.15, 0.2) is 0 Å². The van der Waals surface area contributed by atoms with Gasteiger partial charge in [-0.2, -0.15) is 0 Å². The van der Waals surface area contributed by atoms with Crippen LogP contribution in [0.15, 0.2) is 12.4 Å². The molecule has 44 heavy (non-hydrogen) atoms. The molecule has 2 nitrogen and oxygen atoms in total. The Bertz CT molecular complexity index is 572.